The lowest BCUT2D eigenvalue weighted by Crippen LogP contribution is -2.41. The molecule has 0 spiro atoms. The highest BCUT2D eigenvalue weighted by Crippen LogP contribution is 2.25. The van der Waals surface area contributed by atoms with Gasteiger partial charge in [0, 0.05) is 25.4 Å². The number of nitrogens with zero attached hydrogens (tertiary/aromatic N) is 4. The number of hydrogen-bond acceptors (Lipinski definition) is 5. The summed E-state index contributed by atoms with van der Waals surface area (Å²) in [6.07, 6.45) is 7.37. The molecule has 0 aromatic carbocycles. The molecule has 4 rings (SSSR count). The molecule has 124 valence electrons. The summed E-state index contributed by atoms with van der Waals surface area (Å²) in [5.41, 5.74) is 1.43. The smallest absolute Gasteiger partial charge is 0.276 e. The van der Waals surface area contributed by atoms with Gasteiger partial charge in [0.05, 0.1) is 18.5 Å². The summed E-state index contributed by atoms with van der Waals surface area (Å²) in [5, 5.41) is 8.28. The molecule has 0 saturated carbocycles. The normalized spacial score (nSPS) is 18.0. The topological polar surface area (TPSA) is 77.3 Å². The maximum atomic E-state index is 12.7. The first-order valence-electron chi connectivity index (χ1n) is 8.01. The Kier molecular flexibility index (Phi) is 3.68. The number of likely N-dealkylation sites (tertiary alicyclic amines) is 1. The molecule has 0 aliphatic carbocycles. The van der Waals surface area contributed by atoms with Gasteiger partial charge in [-0.05, 0) is 37.5 Å². The molecule has 0 unspecified atom stereocenters. The number of carbonyl (C=O) groups excluding carboxylic acids is 1. The SMILES string of the molecule is Cc1cnn([C@H]2CCCN(C(=O)c3cc(-c4ccco4)on3)C2)c1. The van der Waals surface area contributed by atoms with E-state index in [1.165, 1.54) is 0 Å². The molecule has 24 heavy (non-hydrogen) atoms. The zero-order valence-corrected chi connectivity index (χ0v) is 13.4. The first-order chi connectivity index (χ1) is 11.7. The maximum absolute atomic E-state index is 12.7. The van der Waals surface area contributed by atoms with Gasteiger partial charge >= 0.3 is 0 Å². The second-order valence-electron chi connectivity index (χ2n) is 6.10. The highest BCUT2D eigenvalue weighted by Gasteiger charge is 2.28. The van der Waals surface area contributed by atoms with Gasteiger partial charge in [-0.2, -0.15) is 5.10 Å². The first kappa shape index (κ1) is 14.7. The summed E-state index contributed by atoms with van der Waals surface area (Å²) in [6.45, 7) is 3.36. The van der Waals surface area contributed by atoms with Gasteiger partial charge in [0.15, 0.2) is 11.5 Å². The predicted molar refractivity (Wildman–Crippen MR) is 85.3 cm³/mol. The first-order valence-corrected chi connectivity index (χ1v) is 8.01. The number of carbonyl (C=O) groups is 1. The predicted octanol–water partition coefficient (Wildman–Crippen LogP) is 2.92. The lowest BCUT2D eigenvalue weighted by molar-refractivity contribution is 0.0662. The summed E-state index contributed by atoms with van der Waals surface area (Å²) in [5.74, 6) is 0.898. The Morgan fingerprint density at radius 3 is 3.04 bits per heavy atom. The van der Waals surface area contributed by atoms with Gasteiger partial charge < -0.3 is 13.8 Å². The van der Waals surface area contributed by atoms with Crippen molar-refractivity contribution in [2.24, 2.45) is 0 Å². The van der Waals surface area contributed by atoms with Crippen molar-refractivity contribution in [3.05, 3.63) is 48.1 Å². The zero-order valence-electron chi connectivity index (χ0n) is 13.4. The van der Waals surface area contributed by atoms with Crippen LogP contribution >= 0.6 is 0 Å². The lowest BCUT2D eigenvalue weighted by atomic mass is 10.1. The van der Waals surface area contributed by atoms with Crippen molar-refractivity contribution >= 4 is 5.91 Å². The van der Waals surface area contributed by atoms with Crippen LogP contribution in [-0.2, 0) is 0 Å². The van der Waals surface area contributed by atoms with Crippen LogP contribution in [0, 0.1) is 6.92 Å². The molecular formula is C17H18N4O3. The Morgan fingerprint density at radius 2 is 2.29 bits per heavy atom. The number of aromatic nitrogens is 3. The summed E-state index contributed by atoms with van der Waals surface area (Å²) in [4.78, 5) is 14.5. The van der Waals surface area contributed by atoms with Crippen LogP contribution in [-0.4, -0.2) is 38.8 Å². The third-order valence-corrected chi connectivity index (χ3v) is 4.28. The van der Waals surface area contributed by atoms with Gasteiger partial charge in [0.1, 0.15) is 0 Å². The average molecular weight is 326 g/mol. The van der Waals surface area contributed by atoms with Gasteiger partial charge in [0.25, 0.3) is 5.91 Å². The van der Waals surface area contributed by atoms with Crippen LogP contribution in [0.15, 0.2) is 45.8 Å². The van der Waals surface area contributed by atoms with E-state index in [9.17, 15) is 4.79 Å². The summed E-state index contributed by atoms with van der Waals surface area (Å²) >= 11 is 0. The minimum atomic E-state index is -0.120. The van der Waals surface area contributed by atoms with E-state index in [1.807, 2.05) is 28.9 Å². The van der Waals surface area contributed by atoms with Crippen molar-refractivity contribution in [3.8, 4) is 11.5 Å². The molecule has 1 aliphatic heterocycles. The van der Waals surface area contributed by atoms with Crippen LogP contribution in [0.5, 0.6) is 0 Å². The third kappa shape index (κ3) is 2.73. The molecule has 0 bridgehead atoms. The van der Waals surface area contributed by atoms with Crippen LogP contribution in [0.4, 0.5) is 0 Å². The fourth-order valence-electron chi connectivity index (χ4n) is 3.06. The van der Waals surface area contributed by atoms with Crippen molar-refractivity contribution in [2.75, 3.05) is 13.1 Å². The highest BCUT2D eigenvalue weighted by molar-refractivity contribution is 5.93. The van der Waals surface area contributed by atoms with Crippen molar-refractivity contribution < 1.29 is 13.7 Å². The Bertz CT molecular complexity index is 834. The average Bonchev–Trinajstić information content (AvgIpc) is 3.34. The summed E-state index contributed by atoms with van der Waals surface area (Å²) < 4.78 is 12.4. The fraction of sp³-hybridized carbons (Fsp3) is 0.353. The van der Waals surface area contributed by atoms with Crippen molar-refractivity contribution in [3.63, 3.8) is 0 Å². The molecule has 1 aliphatic rings. The Balaban J connectivity index is 1.50. The molecule has 0 N–H and O–H groups in total. The van der Waals surface area contributed by atoms with Gasteiger partial charge in [-0.1, -0.05) is 5.16 Å². The van der Waals surface area contributed by atoms with E-state index >= 15 is 0 Å². The van der Waals surface area contributed by atoms with Gasteiger partial charge in [-0.25, -0.2) is 0 Å². The Hall–Kier alpha value is -2.83. The van der Waals surface area contributed by atoms with E-state index in [2.05, 4.69) is 10.3 Å². The van der Waals surface area contributed by atoms with E-state index in [0.717, 1.165) is 24.9 Å². The molecule has 1 saturated heterocycles. The zero-order chi connectivity index (χ0) is 16.5. The largest absolute Gasteiger partial charge is 0.461 e. The Morgan fingerprint density at radius 1 is 1.38 bits per heavy atom. The van der Waals surface area contributed by atoms with E-state index in [-0.39, 0.29) is 11.9 Å². The number of piperidine rings is 1. The second-order valence-corrected chi connectivity index (χ2v) is 6.10. The third-order valence-electron chi connectivity index (χ3n) is 4.28. The Labute approximate surface area is 138 Å². The maximum Gasteiger partial charge on any atom is 0.276 e. The van der Waals surface area contributed by atoms with Crippen LogP contribution in [0.1, 0.15) is 34.9 Å². The fourth-order valence-corrected chi connectivity index (χ4v) is 3.06. The molecular weight excluding hydrogens is 308 g/mol. The van der Waals surface area contributed by atoms with Crippen LogP contribution in [0.25, 0.3) is 11.5 Å². The summed E-state index contributed by atoms with van der Waals surface area (Å²) in [7, 11) is 0. The van der Waals surface area contributed by atoms with E-state index in [1.54, 1.807) is 24.5 Å². The number of furan rings is 1. The van der Waals surface area contributed by atoms with Crippen molar-refractivity contribution in [1.29, 1.82) is 0 Å². The molecule has 7 heteroatoms. The molecule has 0 radical (unpaired) electrons. The molecule has 3 aromatic rings. The second kappa shape index (κ2) is 5.99. The van der Waals surface area contributed by atoms with Crippen LogP contribution in [0.2, 0.25) is 0 Å². The van der Waals surface area contributed by atoms with E-state index in [0.29, 0.717) is 23.8 Å². The van der Waals surface area contributed by atoms with Crippen molar-refractivity contribution in [1.82, 2.24) is 19.8 Å². The quantitative estimate of drug-likeness (QED) is 0.739. The molecule has 1 amide bonds. The molecule has 4 heterocycles. The molecule has 3 aromatic heterocycles. The number of amides is 1. The standard InChI is InChI=1S/C17H18N4O3/c1-12-9-18-21(10-12)13-4-2-6-20(11-13)17(22)14-8-16(24-19-14)15-5-3-7-23-15/h3,5,7-10,13H,2,4,6,11H2,1H3/t13-/m0/s1. The molecule has 1 fully saturated rings. The van der Waals surface area contributed by atoms with Crippen LogP contribution < -0.4 is 0 Å². The minimum absolute atomic E-state index is 0.120. The highest BCUT2D eigenvalue weighted by atomic mass is 16.5. The van der Waals surface area contributed by atoms with E-state index in [4.69, 9.17) is 8.94 Å². The molecule has 1 atom stereocenters. The van der Waals surface area contributed by atoms with Crippen molar-refractivity contribution in [2.45, 2.75) is 25.8 Å². The number of rotatable bonds is 3. The lowest BCUT2D eigenvalue weighted by Gasteiger charge is -2.32. The summed E-state index contributed by atoms with van der Waals surface area (Å²) in [6, 6.07) is 5.36. The number of aryl methyl sites for hydroxylation is 1. The van der Waals surface area contributed by atoms with Gasteiger partial charge in [-0.15, -0.1) is 0 Å². The van der Waals surface area contributed by atoms with Gasteiger partial charge in [0.2, 0.25) is 5.76 Å². The monoisotopic (exact) mass is 326 g/mol. The minimum Gasteiger partial charge on any atom is -0.461 e. The number of hydrogen-bond donors (Lipinski definition) is 0. The van der Waals surface area contributed by atoms with Gasteiger partial charge in [-0.3, -0.25) is 9.48 Å². The van der Waals surface area contributed by atoms with E-state index < -0.39 is 0 Å². The van der Waals surface area contributed by atoms with Crippen LogP contribution in [0.3, 0.4) is 0 Å². The molecule has 7 nitrogen and oxygen atoms in total.